The maximum Gasteiger partial charge on any atom is 0.119 e. The van der Waals surface area contributed by atoms with E-state index in [1.54, 1.807) is 0 Å². The molecule has 5 heteroatoms. The van der Waals surface area contributed by atoms with Gasteiger partial charge in [0.2, 0.25) is 0 Å². The van der Waals surface area contributed by atoms with Crippen molar-refractivity contribution in [3.63, 3.8) is 0 Å². The minimum atomic E-state index is 0. The van der Waals surface area contributed by atoms with Gasteiger partial charge >= 0.3 is 0 Å². The molecule has 2 fully saturated rings. The van der Waals surface area contributed by atoms with Crippen LogP contribution in [0.1, 0.15) is 31.7 Å². The van der Waals surface area contributed by atoms with E-state index in [0.29, 0.717) is 18.0 Å². The van der Waals surface area contributed by atoms with Gasteiger partial charge < -0.3 is 20.1 Å². The molecular weight excluding hydrogens is 324 g/mol. The highest BCUT2D eigenvalue weighted by atomic mass is 35.5. The number of rotatable bonds is 6. The van der Waals surface area contributed by atoms with Crippen LogP contribution in [0.4, 0.5) is 0 Å². The van der Waals surface area contributed by atoms with Crippen molar-refractivity contribution in [2.24, 2.45) is 5.92 Å². The number of morpholine rings is 1. The van der Waals surface area contributed by atoms with E-state index in [0.717, 1.165) is 32.1 Å². The zero-order valence-corrected chi connectivity index (χ0v) is 15.6. The van der Waals surface area contributed by atoms with Crippen LogP contribution < -0.4 is 15.4 Å². The van der Waals surface area contributed by atoms with E-state index >= 15 is 0 Å². The first-order valence-corrected chi connectivity index (χ1v) is 9.00. The van der Waals surface area contributed by atoms with Crippen molar-refractivity contribution in [2.75, 3.05) is 26.3 Å². The summed E-state index contributed by atoms with van der Waals surface area (Å²) < 4.78 is 11.6. The molecule has 0 amide bonds. The Hall–Kier alpha value is -0.810. The van der Waals surface area contributed by atoms with Crippen molar-refractivity contribution in [2.45, 2.75) is 51.3 Å². The standard InChI is InChI=1S/C19H30N2O2.ClH/c1-14-6-8-16(9-7-14)23-15(2)12-21-18-5-3-4-17(18)19-13-22-11-10-20-19;/h6-9,15,17-21H,3-5,10-13H2,1-2H3;1H. The Kier molecular flexibility index (Phi) is 7.82. The highest BCUT2D eigenvalue weighted by molar-refractivity contribution is 5.85. The molecule has 0 spiro atoms. The Morgan fingerprint density at radius 1 is 1.29 bits per heavy atom. The summed E-state index contributed by atoms with van der Waals surface area (Å²) in [5.74, 6) is 1.64. The second-order valence-electron chi connectivity index (χ2n) is 6.99. The predicted molar refractivity (Wildman–Crippen MR) is 100 cm³/mol. The molecule has 3 rings (SSSR count). The average Bonchev–Trinajstić information content (AvgIpc) is 3.04. The maximum absolute atomic E-state index is 6.01. The monoisotopic (exact) mass is 354 g/mol. The van der Waals surface area contributed by atoms with Gasteiger partial charge in [-0.05, 0) is 44.7 Å². The molecule has 4 nitrogen and oxygen atoms in total. The van der Waals surface area contributed by atoms with Gasteiger partial charge in [0.05, 0.1) is 13.2 Å². The first-order chi connectivity index (χ1) is 11.2. The molecule has 0 aromatic heterocycles. The fourth-order valence-electron chi connectivity index (χ4n) is 3.79. The molecule has 136 valence electrons. The summed E-state index contributed by atoms with van der Waals surface area (Å²) in [5, 5.41) is 7.37. The minimum Gasteiger partial charge on any atom is -0.489 e. The van der Waals surface area contributed by atoms with Crippen molar-refractivity contribution in [3.8, 4) is 5.75 Å². The summed E-state index contributed by atoms with van der Waals surface area (Å²) in [5.41, 5.74) is 1.26. The fourth-order valence-corrected chi connectivity index (χ4v) is 3.79. The Bertz CT molecular complexity index is 477. The summed E-state index contributed by atoms with van der Waals surface area (Å²) in [4.78, 5) is 0. The van der Waals surface area contributed by atoms with E-state index in [9.17, 15) is 0 Å². The van der Waals surface area contributed by atoms with Gasteiger partial charge in [0.15, 0.2) is 0 Å². The smallest absolute Gasteiger partial charge is 0.119 e. The molecule has 0 radical (unpaired) electrons. The summed E-state index contributed by atoms with van der Waals surface area (Å²) in [6.07, 6.45) is 4.05. The third-order valence-electron chi connectivity index (χ3n) is 5.06. The fraction of sp³-hybridized carbons (Fsp3) is 0.684. The van der Waals surface area contributed by atoms with Crippen LogP contribution in [0.5, 0.6) is 5.75 Å². The first-order valence-electron chi connectivity index (χ1n) is 9.00. The minimum absolute atomic E-state index is 0. The van der Waals surface area contributed by atoms with Gasteiger partial charge in [0, 0.05) is 25.2 Å². The van der Waals surface area contributed by atoms with E-state index in [1.807, 2.05) is 12.1 Å². The van der Waals surface area contributed by atoms with Gasteiger partial charge in [-0.25, -0.2) is 0 Å². The number of aryl methyl sites for hydroxylation is 1. The van der Waals surface area contributed by atoms with Crippen molar-refractivity contribution < 1.29 is 9.47 Å². The van der Waals surface area contributed by atoms with Crippen molar-refractivity contribution in [1.29, 1.82) is 0 Å². The third-order valence-corrected chi connectivity index (χ3v) is 5.06. The summed E-state index contributed by atoms with van der Waals surface area (Å²) >= 11 is 0. The predicted octanol–water partition coefficient (Wildman–Crippen LogP) is 2.93. The number of hydrogen-bond acceptors (Lipinski definition) is 4. The lowest BCUT2D eigenvalue weighted by Gasteiger charge is -2.33. The number of hydrogen-bond donors (Lipinski definition) is 2. The summed E-state index contributed by atoms with van der Waals surface area (Å²) in [6, 6.07) is 9.38. The van der Waals surface area contributed by atoms with E-state index < -0.39 is 0 Å². The molecule has 24 heavy (non-hydrogen) atoms. The van der Waals surface area contributed by atoms with Crippen LogP contribution in [0.15, 0.2) is 24.3 Å². The molecule has 0 bridgehead atoms. The summed E-state index contributed by atoms with van der Waals surface area (Å²) in [7, 11) is 0. The first kappa shape index (κ1) is 19.5. The molecule has 1 saturated heterocycles. The normalized spacial score (nSPS) is 28.2. The van der Waals surface area contributed by atoms with Crippen molar-refractivity contribution >= 4 is 12.4 Å². The van der Waals surface area contributed by atoms with Crippen LogP contribution in [-0.2, 0) is 4.74 Å². The number of nitrogens with one attached hydrogen (secondary N) is 2. The van der Waals surface area contributed by atoms with Gasteiger partial charge in [0.25, 0.3) is 0 Å². The molecule has 4 unspecified atom stereocenters. The summed E-state index contributed by atoms with van der Waals surface area (Å²) in [6.45, 7) is 7.82. The van der Waals surface area contributed by atoms with Crippen LogP contribution in [0.25, 0.3) is 0 Å². The van der Waals surface area contributed by atoms with Crippen LogP contribution in [0.3, 0.4) is 0 Å². The number of benzene rings is 1. The lowest BCUT2D eigenvalue weighted by atomic mass is 9.94. The second-order valence-corrected chi connectivity index (χ2v) is 6.99. The Labute approximate surface area is 152 Å². The molecule has 1 heterocycles. The molecule has 1 aliphatic carbocycles. The molecule has 2 aliphatic rings. The molecule has 4 atom stereocenters. The van der Waals surface area contributed by atoms with Gasteiger partial charge in [-0.2, -0.15) is 0 Å². The van der Waals surface area contributed by atoms with Gasteiger partial charge in [-0.3, -0.25) is 0 Å². The largest absolute Gasteiger partial charge is 0.489 e. The van der Waals surface area contributed by atoms with Crippen LogP contribution in [0.2, 0.25) is 0 Å². The van der Waals surface area contributed by atoms with Crippen LogP contribution >= 0.6 is 12.4 Å². The number of ether oxygens (including phenoxy) is 2. The quantitative estimate of drug-likeness (QED) is 0.824. The lowest BCUT2D eigenvalue weighted by molar-refractivity contribution is 0.0518. The average molecular weight is 355 g/mol. The van der Waals surface area contributed by atoms with E-state index in [2.05, 4.69) is 36.6 Å². The van der Waals surface area contributed by atoms with Crippen molar-refractivity contribution in [1.82, 2.24) is 10.6 Å². The molecule has 1 aromatic rings. The topological polar surface area (TPSA) is 42.5 Å². The van der Waals surface area contributed by atoms with Crippen LogP contribution in [0, 0.1) is 12.8 Å². The zero-order chi connectivity index (χ0) is 16.1. The highest BCUT2D eigenvalue weighted by Gasteiger charge is 2.34. The second kappa shape index (κ2) is 9.62. The maximum atomic E-state index is 6.01. The zero-order valence-electron chi connectivity index (χ0n) is 14.8. The molecular formula is C19H31ClN2O2. The third kappa shape index (κ3) is 5.35. The Morgan fingerprint density at radius 2 is 2.08 bits per heavy atom. The highest BCUT2D eigenvalue weighted by Crippen LogP contribution is 2.29. The molecule has 1 aromatic carbocycles. The van der Waals surface area contributed by atoms with Gasteiger partial charge in [-0.1, -0.05) is 24.1 Å². The molecule has 2 N–H and O–H groups in total. The Balaban J connectivity index is 0.00000208. The van der Waals surface area contributed by atoms with E-state index in [-0.39, 0.29) is 18.5 Å². The van der Waals surface area contributed by atoms with E-state index in [1.165, 1.54) is 24.8 Å². The van der Waals surface area contributed by atoms with Gasteiger partial charge in [-0.15, -0.1) is 12.4 Å². The molecule has 1 aliphatic heterocycles. The Morgan fingerprint density at radius 3 is 2.79 bits per heavy atom. The van der Waals surface area contributed by atoms with Gasteiger partial charge in [0.1, 0.15) is 11.9 Å². The molecule has 1 saturated carbocycles. The van der Waals surface area contributed by atoms with Crippen LogP contribution in [-0.4, -0.2) is 44.5 Å². The number of halogens is 1. The van der Waals surface area contributed by atoms with Crippen molar-refractivity contribution in [3.05, 3.63) is 29.8 Å². The van der Waals surface area contributed by atoms with E-state index in [4.69, 9.17) is 9.47 Å². The lowest BCUT2D eigenvalue weighted by Crippen LogP contribution is -2.51. The SMILES string of the molecule is Cc1ccc(OC(C)CNC2CCCC2C2COCCN2)cc1.Cl.